The molecule has 186 valence electrons. The van der Waals surface area contributed by atoms with E-state index in [-0.39, 0.29) is 30.8 Å². The highest BCUT2D eigenvalue weighted by atomic mass is 16.7. The second kappa shape index (κ2) is 8.65. The lowest BCUT2D eigenvalue weighted by Gasteiger charge is -2.57. The van der Waals surface area contributed by atoms with Gasteiger partial charge in [0.25, 0.3) is 0 Å². The van der Waals surface area contributed by atoms with Crippen LogP contribution in [0.2, 0.25) is 0 Å². The van der Waals surface area contributed by atoms with Crippen LogP contribution >= 0.6 is 0 Å². The smallest absolute Gasteiger partial charge is 0.186 e. The molecular weight excluding hydrogens is 428 g/mol. The van der Waals surface area contributed by atoms with Gasteiger partial charge in [0.2, 0.25) is 0 Å². The largest absolute Gasteiger partial charge is 0.393 e. The van der Waals surface area contributed by atoms with E-state index in [0.717, 1.165) is 12.8 Å². The van der Waals surface area contributed by atoms with Crippen molar-refractivity contribution in [2.75, 3.05) is 19.8 Å². The maximum atomic E-state index is 10.5. The minimum atomic E-state index is -1.84. The third kappa shape index (κ3) is 4.34. The first-order valence-corrected chi connectivity index (χ1v) is 11.2. The van der Waals surface area contributed by atoms with E-state index in [1.807, 2.05) is 20.8 Å². The van der Waals surface area contributed by atoms with Crippen LogP contribution in [0.25, 0.3) is 0 Å². The van der Waals surface area contributed by atoms with E-state index < -0.39 is 60.9 Å². The molecule has 11 nitrogen and oxygen atoms in total. The van der Waals surface area contributed by atoms with Crippen LogP contribution in [0, 0.1) is 5.92 Å². The molecule has 0 radical (unpaired) electrons. The molecule has 11 atom stereocenters. The first-order valence-electron chi connectivity index (χ1n) is 11.2. The fourth-order valence-corrected chi connectivity index (χ4v) is 5.52. The lowest BCUT2D eigenvalue weighted by atomic mass is 9.67. The molecule has 0 aromatic carbocycles. The van der Waals surface area contributed by atoms with E-state index >= 15 is 0 Å². The predicted octanol–water partition coefficient (Wildman–Crippen LogP) is -2.00. The van der Waals surface area contributed by atoms with E-state index in [9.17, 15) is 30.6 Å². The van der Waals surface area contributed by atoms with Crippen LogP contribution in [0.3, 0.4) is 0 Å². The molecule has 4 saturated heterocycles. The molecule has 1 saturated carbocycles. The third-order valence-electron chi connectivity index (χ3n) is 7.45. The lowest BCUT2D eigenvalue weighted by molar-refractivity contribution is -0.348. The molecule has 2 bridgehead atoms. The van der Waals surface area contributed by atoms with Crippen molar-refractivity contribution < 1.29 is 54.3 Å². The number of aliphatic hydroxyl groups excluding tert-OH is 5. The zero-order valence-corrected chi connectivity index (χ0v) is 18.7. The second-order valence-corrected chi connectivity index (χ2v) is 10.4. The van der Waals surface area contributed by atoms with Gasteiger partial charge in [-0.15, -0.1) is 0 Å². The molecule has 11 unspecified atom stereocenters. The fraction of sp³-hybridized carbons (Fsp3) is 1.00. The lowest BCUT2D eigenvalue weighted by Crippen LogP contribution is -2.64. The maximum Gasteiger partial charge on any atom is 0.186 e. The summed E-state index contributed by atoms with van der Waals surface area (Å²) >= 11 is 0. The van der Waals surface area contributed by atoms with Crippen molar-refractivity contribution in [3.05, 3.63) is 0 Å². The Bertz CT molecular complexity index is 673. The van der Waals surface area contributed by atoms with Crippen LogP contribution in [-0.2, 0) is 23.7 Å². The third-order valence-corrected chi connectivity index (χ3v) is 7.45. The van der Waals surface area contributed by atoms with Crippen LogP contribution in [0.4, 0.5) is 0 Å². The van der Waals surface area contributed by atoms with Gasteiger partial charge in [0.1, 0.15) is 36.1 Å². The Morgan fingerprint density at radius 1 is 1.00 bits per heavy atom. The summed E-state index contributed by atoms with van der Waals surface area (Å²) in [5, 5.41) is 60.6. The van der Waals surface area contributed by atoms with Crippen molar-refractivity contribution in [3.8, 4) is 0 Å². The van der Waals surface area contributed by atoms with Crippen molar-refractivity contribution in [2.24, 2.45) is 5.92 Å². The van der Waals surface area contributed by atoms with E-state index in [4.69, 9.17) is 23.7 Å². The van der Waals surface area contributed by atoms with Gasteiger partial charge >= 0.3 is 0 Å². The predicted molar refractivity (Wildman–Crippen MR) is 106 cm³/mol. The van der Waals surface area contributed by atoms with Gasteiger partial charge in [-0.2, -0.15) is 0 Å². The van der Waals surface area contributed by atoms with Gasteiger partial charge in [-0.25, -0.2) is 0 Å². The average Bonchev–Trinajstić information content (AvgIpc) is 3.01. The summed E-state index contributed by atoms with van der Waals surface area (Å²) in [6, 6.07) is 0. The molecule has 0 aromatic rings. The SMILES string of the molecule is CC12CCC(C(OC3OC(COC4OCC(O)(CO)C4O)C(O)C(O)C3O)C1)C(C)(C)O2. The summed E-state index contributed by atoms with van der Waals surface area (Å²) in [6.07, 6.45) is -7.34. The molecule has 0 aromatic heterocycles. The van der Waals surface area contributed by atoms with Crippen molar-refractivity contribution >= 4 is 0 Å². The standard InChI is InChI=1S/C21H36O11/c1-19(2)10-4-5-20(3,32-19)6-11(10)30-17-15(25)14(24)13(23)12(31-17)7-28-18-16(26)21(27,8-22)9-29-18/h10-18,22-27H,4-9H2,1-3H3. The van der Waals surface area contributed by atoms with Gasteiger partial charge in [0.15, 0.2) is 12.6 Å². The first-order chi connectivity index (χ1) is 14.9. The van der Waals surface area contributed by atoms with Gasteiger partial charge in [-0.3, -0.25) is 0 Å². The summed E-state index contributed by atoms with van der Waals surface area (Å²) in [5.74, 6) is 0.0806. The zero-order chi connectivity index (χ0) is 23.5. The monoisotopic (exact) mass is 464 g/mol. The van der Waals surface area contributed by atoms with Crippen LogP contribution < -0.4 is 0 Å². The second-order valence-electron chi connectivity index (χ2n) is 10.4. The molecule has 5 fully saturated rings. The summed E-state index contributed by atoms with van der Waals surface area (Å²) in [5.41, 5.74) is -2.60. The van der Waals surface area contributed by atoms with Gasteiger partial charge in [0.05, 0.1) is 37.1 Å². The van der Waals surface area contributed by atoms with E-state index in [1.54, 1.807) is 0 Å². The minimum absolute atomic E-state index is 0.0806. The van der Waals surface area contributed by atoms with Gasteiger partial charge in [-0.1, -0.05) is 0 Å². The Kier molecular flexibility index (Phi) is 6.67. The Labute approximate surface area is 186 Å². The van der Waals surface area contributed by atoms with Crippen molar-refractivity contribution in [3.63, 3.8) is 0 Å². The Morgan fingerprint density at radius 3 is 2.31 bits per heavy atom. The molecule has 4 heterocycles. The zero-order valence-electron chi connectivity index (χ0n) is 18.7. The highest BCUT2D eigenvalue weighted by Crippen LogP contribution is 2.51. The first kappa shape index (κ1) is 24.7. The molecule has 0 spiro atoms. The molecule has 11 heteroatoms. The molecule has 0 amide bonds. The highest BCUT2D eigenvalue weighted by molar-refractivity contribution is 5.04. The number of rotatable bonds is 6. The summed E-state index contributed by atoms with van der Waals surface area (Å²) in [4.78, 5) is 0. The Hall–Kier alpha value is -0.440. The maximum absolute atomic E-state index is 10.5. The Balaban J connectivity index is 1.40. The molecule has 1 aliphatic carbocycles. The van der Waals surface area contributed by atoms with Gasteiger partial charge in [0, 0.05) is 12.3 Å². The van der Waals surface area contributed by atoms with E-state index in [1.165, 1.54) is 0 Å². The number of hydrogen-bond donors (Lipinski definition) is 6. The summed E-state index contributed by atoms with van der Waals surface area (Å²) in [7, 11) is 0. The number of hydrogen-bond acceptors (Lipinski definition) is 11. The molecular formula is C21H36O11. The topological polar surface area (TPSA) is 168 Å². The number of aliphatic hydroxyl groups is 6. The molecule has 6 N–H and O–H groups in total. The molecule has 5 aliphatic rings. The van der Waals surface area contributed by atoms with Crippen LogP contribution in [0.15, 0.2) is 0 Å². The summed E-state index contributed by atoms with van der Waals surface area (Å²) in [6.45, 7) is 4.72. The minimum Gasteiger partial charge on any atom is -0.393 e. The fourth-order valence-electron chi connectivity index (χ4n) is 5.52. The molecule has 5 rings (SSSR count). The molecule has 4 aliphatic heterocycles. The highest BCUT2D eigenvalue weighted by Gasteiger charge is 2.56. The average molecular weight is 465 g/mol. The van der Waals surface area contributed by atoms with E-state index in [0.29, 0.717) is 6.42 Å². The van der Waals surface area contributed by atoms with Crippen molar-refractivity contribution in [2.45, 2.75) is 106 Å². The number of ether oxygens (including phenoxy) is 5. The normalized spacial score (nSPS) is 53.0. The summed E-state index contributed by atoms with van der Waals surface area (Å²) < 4.78 is 28.8. The van der Waals surface area contributed by atoms with Crippen LogP contribution in [-0.4, -0.2) is 116 Å². The van der Waals surface area contributed by atoms with E-state index in [2.05, 4.69) is 0 Å². The van der Waals surface area contributed by atoms with Crippen LogP contribution in [0.5, 0.6) is 0 Å². The van der Waals surface area contributed by atoms with Gasteiger partial charge < -0.3 is 54.3 Å². The Morgan fingerprint density at radius 2 is 1.72 bits per heavy atom. The van der Waals surface area contributed by atoms with Crippen molar-refractivity contribution in [1.82, 2.24) is 0 Å². The van der Waals surface area contributed by atoms with Crippen molar-refractivity contribution in [1.29, 1.82) is 0 Å². The van der Waals surface area contributed by atoms with Gasteiger partial charge in [-0.05, 0) is 33.6 Å². The molecule has 32 heavy (non-hydrogen) atoms. The van der Waals surface area contributed by atoms with Crippen LogP contribution in [0.1, 0.15) is 40.0 Å². The number of fused-ring (bicyclic) bond motifs is 3. The quantitative estimate of drug-likeness (QED) is 0.257.